The molecule has 10 heteroatoms. The van der Waals surface area contributed by atoms with Crippen molar-refractivity contribution in [2.75, 3.05) is 47.5 Å². The molecule has 0 aliphatic carbocycles. The van der Waals surface area contributed by atoms with Crippen molar-refractivity contribution in [2.24, 2.45) is 0 Å². The lowest BCUT2D eigenvalue weighted by molar-refractivity contribution is -0.870. The van der Waals surface area contributed by atoms with Crippen LogP contribution in [-0.4, -0.2) is 74.9 Å². The Balaban J connectivity index is 4.39. The number of esters is 2. The number of carbonyl (C=O) groups is 2. The summed E-state index contributed by atoms with van der Waals surface area (Å²) in [5, 5.41) is 0. The fourth-order valence-electron chi connectivity index (χ4n) is 4.95. The summed E-state index contributed by atoms with van der Waals surface area (Å²) < 4.78 is 34.0. The molecular weight excluding hydrogens is 593 g/mol. The lowest BCUT2D eigenvalue weighted by Crippen LogP contribution is -2.37. The second kappa shape index (κ2) is 29.2. The van der Waals surface area contributed by atoms with Gasteiger partial charge < -0.3 is 18.9 Å². The van der Waals surface area contributed by atoms with E-state index in [4.69, 9.17) is 18.5 Å². The van der Waals surface area contributed by atoms with Gasteiger partial charge in [0.1, 0.15) is 19.8 Å². The Hall–Kier alpha value is -0.990. The van der Waals surface area contributed by atoms with Crippen LogP contribution in [0.15, 0.2) is 0 Å². The summed E-state index contributed by atoms with van der Waals surface area (Å²) in [6.07, 6.45) is 24.5. The van der Waals surface area contributed by atoms with Crippen LogP contribution in [0.1, 0.15) is 162 Å². The summed E-state index contributed by atoms with van der Waals surface area (Å²) in [7, 11) is 1.48. The van der Waals surface area contributed by atoms with Crippen LogP contribution in [0.25, 0.3) is 0 Å². The van der Waals surface area contributed by atoms with Crippen molar-refractivity contribution in [1.29, 1.82) is 0 Å². The highest BCUT2D eigenvalue weighted by atomic mass is 31.2. The van der Waals surface area contributed by atoms with Gasteiger partial charge in [-0.3, -0.25) is 18.6 Å². The van der Waals surface area contributed by atoms with Gasteiger partial charge in [0.25, 0.3) is 0 Å². The summed E-state index contributed by atoms with van der Waals surface area (Å²) in [6.45, 7) is 4.37. The van der Waals surface area contributed by atoms with Crippen molar-refractivity contribution in [3.63, 3.8) is 0 Å². The molecule has 0 aliphatic heterocycles. The van der Waals surface area contributed by atoms with Gasteiger partial charge in [-0.2, -0.15) is 0 Å². The van der Waals surface area contributed by atoms with Crippen LogP contribution < -0.4 is 0 Å². The first-order valence-corrected chi connectivity index (χ1v) is 19.8. The molecule has 0 radical (unpaired) electrons. The molecule has 45 heavy (non-hydrogen) atoms. The Kier molecular flexibility index (Phi) is 28.5. The van der Waals surface area contributed by atoms with Crippen molar-refractivity contribution in [2.45, 2.75) is 168 Å². The topological polar surface area (TPSA) is 108 Å². The molecule has 2 unspecified atom stereocenters. The maximum absolute atomic E-state index is 12.6. The minimum absolute atomic E-state index is 0.0360. The molecule has 0 fully saturated rings. The van der Waals surface area contributed by atoms with E-state index in [-0.39, 0.29) is 25.6 Å². The first-order valence-electron chi connectivity index (χ1n) is 18.3. The molecule has 0 rings (SSSR count). The quantitative estimate of drug-likeness (QED) is 0.0320. The zero-order chi connectivity index (χ0) is 33.7. The van der Waals surface area contributed by atoms with E-state index in [0.29, 0.717) is 17.4 Å². The molecule has 0 heterocycles. The van der Waals surface area contributed by atoms with Gasteiger partial charge in [0.05, 0.1) is 27.7 Å². The van der Waals surface area contributed by atoms with E-state index >= 15 is 0 Å². The second-order valence-electron chi connectivity index (χ2n) is 13.6. The SMILES string of the molecule is CCCCCCCCCCCCCCCCC(=O)OC(COC(=O)CCCCCCCCC)COP(=O)(O)OCC[N+](C)(C)C. The molecule has 0 amide bonds. The number of rotatable bonds is 33. The summed E-state index contributed by atoms with van der Waals surface area (Å²) in [6, 6.07) is 0. The van der Waals surface area contributed by atoms with Crippen LogP contribution >= 0.6 is 7.82 Å². The molecular formula is C35H71NO8P+. The van der Waals surface area contributed by atoms with Crippen LogP contribution in [0.5, 0.6) is 0 Å². The van der Waals surface area contributed by atoms with E-state index in [1.165, 1.54) is 96.3 Å². The lowest BCUT2D eigenvalue weighted by atomic mass is 10.0. The standard InChI is InChI=1S/C35H70NO8P/c1-6-8-10-12-14-15-16-17-18-19-20-22-24-26-28-35(38)44-33(32-43-45(39,40)42-30-29-36(3,4)5)31-41-34(37)27-25-23-21-13-11-9-7-2/h33H,6-32H2,1-5H3/p+1. The van der Waals surface area contributed by atoms with Crippen molar-refractivity contribution >= 4 is 19.8 Å². The number of quaternary nitrogens is 1. The number of unbranched alkanes of at least 4 members (excludes halogenated alkanes) is 19. The number of hydrogen-bond donors (Lipinski definition) is 1. The van der Waals surface area contributed by atoms with Gasteiger partial charge >= 0.3 is 19.8 Å². The van der Waals surface area contributed by atoms with Crippen LogP contribution in [0.3, 0.4) is 0 Å². The van der Waals surface area contributed by atoms with Crippen LogP contribution in [0.4, 0.5) is 0 Å². The van der Waals surface area contributed by atoms with E-state index < -0.39 is 26.5 Å². The van der Waals surface area contributed by atoms with Gasteiger partial charge in [0.2, 0.25) is 0 Å². The van der Waals surface area contributed by atoms with E-state index in [1.54, 1.807) is 0 Å². The third-order valence-electron chi connectivity index (χ3n) is 7.89. The Bertz CT molecular complexity index is 758. The zero-order valence-electron chi connectivity index (χ0n) is 29.9. The highest BCUT2D eigenvalue weighted by molar-refractivity contribution is 7.47. The van der Waals surface area contributed by atoms with Gasteiger partial charge in [-0.25, -0.2) is 4.57 Å². The molecule has 0 bridgehead atoms. The molecule has 1 N–H and O–H groups in total. The number of phosphoric ester groups is 1. The number of carbonyl (C=O) groups excluding carboxylic acids is 2. The van der Waals surface area contributed by atoms with Gasteiger partial charge in [0, 0.05) is 12.8 Å². The molecule has 268 valence electrons. The molecule has 0 aromatic heterocycles. The van der Waals surface area contributed by atoms with Gasteiger partial charge in [-0.15, -0.1) is 0 Å². The average Bonchev–Trinajstić information content (AvgIpc) is 2.97. The third kappa shape index (κ3) is 32.7. The molecule has 0 aromatic carbocycles. The monoisotopic (exact) mass is 664 g/mol. The molecule has 0 aromatic rings. The zero-order valence-corrected chi connectivity index (χ0v) is 30.8. The second-order valence-corrected chi connectivity index (χ2v) is 15.1. The highest BCUT2D eigenvalue weighted by Crippen LogP contribution is 2.43. The Morgan fingerprint density at radius 1 is 0.600 bits per heavy atom. The number of ether oxygens (including phenoxy) is 2. The lowest BCUT2D eigenvalue weighted by Gasteiger charge is -2.24. The van der Waals surface area contributed by atoms with E-state index in [2.05, 4.69) is 13.8 Å². The van der Waals surface area contributed by atoms with Crippen LogP contribution in [-0.2, 0) is 32.7 Å². The largest absolute Gasteiger partial charge is 0.472 e. The van der Waals surface area contributed by atoms with Crippen molar-refractivity contribution < 1.29 is 42.1 Å². The fourth-order valence-corrected chi connectivity index (χ4v) is 5.70. The average molecular weight is 665 g/mol. The van der Waals surface area contributed by atoms with Gasteiger partial charge in [0.15, 0.2) is 6.10 Å². The summed E-state index contributed by atoms with van der Waals surface area (Å²) in [5.41, 5.74) is 0. The Morgan fingerprint density at radius 2 is 1.00 bits per heavy atom. The first-order chi connectivity index (χ1) is 21.5. The molecule has 2 atom stereocenters. The summed E-state index contributed by atoms with van der Waals surface area (Å²) >= 11 is 0. The summed E-state index contributed by atoms with van der Waals surface area (Å²) in [5.74, 6) is -0.799. The predicted octanol–water partition coefficient (Wildman–Crippen LogP) is 9.29. The summed E-state index contributed by atoms with van der Waals surface area (Å²) in [4.78, 5) is 34.9. The van der Waals surface area contributed by atoms with E-state index in [1.807, 2.05) is 21.1 Å². The Morgan fingerprint density at radius 3 is 1.42 bits per heavy atom. The molecule has 0 aliphatic rings. The number of phosphoric acid groups is 1. The Labute approximate surface area is 276 Å². The first kappa shape index (κ1) is 44.0. The third-order valence-corrected chi connectivity index (χ3v) is 8.87. The molecule has 0 saturated heterocycles. The van der Waals surface area contributed by atoms with Crippen LogP contribution in [0, 0.1) is 0 Å². The van der Waals surface area contributed by atoms with Crippen molar-refractivity contribution in [1.82, 2.24) is 0 Å². The van der Waals surface area contributed by atoms with Crippen LogP contribution in [0.2, 0.25) is 0 Å². The highest BCUT2D eigenvalue weighted by Gasteiger charge is 2.27. The van der Waals surface area contributed by atoms with Gasteiger partial charge in [-0.05, 0) is 12.8 Å². The smallest absolute Gasteiger partial charge is 0.462 e. The number of nitrogens with zero attached hydrogens (tertiary/aromatic N) is 1. The minimum Gasteiger partial charge on any atom is -0.462 e. The number of likely N-dealkylation sites (N-methyl/N-ethyl adjacent to an activating group) is 1. The predicted molar refractivity (Wildman–Crippen MR) is 183 cm³/mol. The molecule has 0 saturated carbocycles. The van der Waals surface area contributed by atoms with E-state index in [0.717, 1.165) is 38.5 Å². The maximum Gasteiger partial charge on any atom is 0.472 e. The fraction of sp³-hybridized carbons (Fsp3) is 0.943. The van der Waals surface area contributed by atoms with Gasteiger partial charge in [-0.1, -0.05) is 136 Å². The minimum atomic E-state index is -4.35. The van der Waals surface area contributed by atoms with Crippen molar-refractivity contribution in [3.05, 3.63) is 0 Å². The maximum atomic E-state index is 12.6. The normalized spacial score (nSPS) is 13.8. The molecule has 9 nitrogen and oxygen atoms in total. The van der Waals surface area contributed by atoms with Crippen molar-refractivity contribution in [3.8, 4) is 0 Å². The van der Waals surface area contributed by atoms with E-state index in [9.17, 15) is 19.0 Å². The molecule has 0 spiro atoms. The number of hydrogen-bond acceptors (Lipinski definition) is 7.